The Morgan fingerprint density at radius 3 is 1.94 bits per heavy atom. The van der Waals surface area contributed by atoms with Gasteiger partial charge in [0.05, 0.1) is 5.69 Å². The minimum atomic E-state index is -4.34. The van der Waals surface area contributed by atoms with Crippen LogP contribution in [0.25, 0.3) is 0 Å². The minimum Gasteiger partial charge on any atom is -0.322 e. The van der Waals surface area contributed by atoms with E-state index in [9.17, 15) is 13.2 Å². The molecule has 0 unspecified atom stereocenters. The van der Waals surface area contributed by atoms with E-state index < -0.39 is 11.9 Å². The average Bonchev–Trinajstić information content (AvgIpc) is 2.41. The Morgan fingerprint density at radius 2 is 1.62 bits per heavy atom. The van der Waals surface area contributed by atoms with Crippen LogP contribution in [0, 0.1) is 6.92 Å². The first-order valence-corrected chi connectivity index (χ1v) is 5.32. The van der Waals surface area contributed by atoms with Crippen LogP contribution in [0.5, 0.6) is 0 Å². The van der Waals surface area contributed by atoms with E-state index >= 15 is 0 Å². The van der Waals surface area contributed by atoms with Crippen molar-refractivity contribution in [2.45, 2.75) is 52.8 Å². The smallest absolute Gasteiger partial charge is 0.322 e. The summed E-state index contributed by atoms with van der Waals surface area (Å²) in [5.74, 6) is 0.196. The Morgan fingerprint density at radius 1 is 1.12 bits per heavy atom. The van der Waals surface area contributed by atoms with Gasteiger partial charge in [-0.25, -0.2) is 4.98 Å². The van der Waals surface area contributed by atoms with Crippen LogP contribution in [0.1, 0.15) is 56.9 Å². The molecular formula is C11H17F3N2. The third-order valence-corrected chi connectivity index (χ3v) is 2.45. The monoisotopic (exact) mass is 234 g/mol. The molecule has 0 aliphatic heterocycles. The molecule has 5 heteroatoms. The number of hydrogen-bond acceptors (Lipinski definition) is 1. The van der Waals surface area contributed by atoms with Gasteiger partial charge in [-0.1, -0.05) is 13.8 Å². The molecule has 1 rings (SSSR count). The van der Waals surface area contributed by atoms with Gasteiger partial charge in [0.1, 0.15) is 11.5 Å². The molecule has 0 amide bonds. The Kier molecular flexibility index (Phi) is 3.35. The maximum Gasteiger partial charge on any atom is 0.433 e. The van der Waals surface area contributed by atoms with E-state index in [-0.39, 0.29) is 17.7 Å². The lowest BCUT2D eigenvalue weighted by atomic mass is 10.1. The molecule has 0 aliphatic rings. The molecule has 0 spiro atoms. The van der Waals surface area contributed by atoms with Crippen molar-refractivity contribution in [1.82, 2.24) is 9.55 Å². The first-order chi connectivity index (χ1) is 7.16. The second-order valence-electron chi connectivity index (χ2n) is 4.51. The van der Waals surface area contributed by atoms with E-state index in [0.717, 1.165) is 0 Å². The normalized spacial score (nSPS) is 12.9. The molecule has 1 aromatic rings. The van der Waals surface area contributed by atoms with Crippen molar-refractivity contribution in [1.29, 1.82) is 0 Å². The summed E-state index contributed by atoms with van der Waals surface area (Å²) in [5.41, 5.74) is -0.464. The maximum atomic E-state index is 13.0. The third kappa shape index (κ3) is 2.23. The molecule has 0 saturated carbocycles. The Hall–Kier alpha value is -1.00. The molecule has 16 heavy (non-hydrogen) atoms. The van der Waals surface area contributed by atoms with Crippen LogP contribution in [0.3, 0.4) is 0 Å². The highest BCUT2D eigenvalue weighted by Crippen LogP contribution is 2.37. The second-order valence-corrected chi connectivity index (χ2v) is 4.51. The van der Waals surface area contributed by atoms with Crippen LogP contribution in [0.2, 0.25) is 0 Å². The highest BCUT2D eigenvalue weighted by molar-refractivity contribution is 5.23. The van der Waals surface area contributed by atoms with Crippen molar-refractivity contribution >= 4 is 0 Å². The van der Waals surface area contributed by atoms with E-state index in [1.807, 2.05) is 0 Å². The zero-order valence-corrected chi connectivity index (χ0v) is 10.2. The summed E-state index contributed by atoms with van der Waals surface area (Å²) in [7, 11) is 0. The predicted molar refractivity (Wildman–Crippen MR) is 56.4 cm³/mol. The fraction of sp³-hybridized carbons (Fsp3) is 0.727. The minimum absolute atomic E-state index is 0.138. The number of imidazole rings is 1. The van der Waals surface area contributed by atoms with E-state index in [4.69, 9.17) is 0 Å². The summed E-state index contributed by atoms with van der Waals surface area (Å²) < 4.78 is 40.2. The van der Waals surface area contributed by atoms with Crippen molar-refractivity contribution in [3.8, 4) is 0 Å². The van der Waals surface area contributed by atoms with Gasteiger partial charge in [-0.15, -0.1) is 0 Å². The molecule has 92 valence electrons. The van der Waals surface area contributed by atoms with Crippen molar-refractivity contribution in [2.24, 2.45) is 0 Å². The van der Waals surface area contributed by atoms with Crippen LogP contribution < -0.4 is 0 Å². The van der Waals surface area contributed by atoms with Crippen LogP contribution in [-0.4, -0.2) is 9.55 Å². The van der Waals surface area contributed by atoms with E-state index in [2.05, 4.69) is 4.98 Å². The molecule has 0 bridgehead atoms. The molecule has 0 N–H and O–H groups in total. The van der Waals surface area contributed by atoms with Gasteiger partial charge in [0.25, 0.3) is 0 Å². The first-order valence-electron chi connectivity index (χ1n) is 5.32. The lowest BCUT2D eigenvalue weighted by Gasteiger charge is -2.17. The van der Waals surface area contributed by atoms with Crippen molar-refractivity contribution < 1.29 is 13.2 Å². The lowest BCUT2D eigenvalue weighted by molar-refractivity contribution is -0.145. The number of aromatic nitrogens is 2. The van der Waals surface area contributed by atoms with Gasteiger partial charge in [0.2, 0.25) is 0 Å². The number of aryl methyl sites for hydroxylation is 1. The van der Waals surface area contributed by atoms with Gasteiger partial charge in [0, 0.05) is 6.04 Å². The summed E-state index contributed by atoms with van der Waals surface area (Å²) in [6.07, 6.45) is -4.34. The standard InChI is InChI=1S/C11H17F3N2/c1-6(2)9-10(11(12,13)14)16(7(3)4)8(5)15-9/h6-7H,1-5H3. The second kappa shape index (κ2) is 4.11. The fourth-order valence-corrected chi connectivity index (χ4v) is 1.88. The van der Waals surface area contributed by atoms with E-state index in [1.165, 1.54) is 4.57 Å². The van der Waals surface area contributed by atoms with Gasteiger partial charge in [0.15, 0.2) is 0 Å². The van der Waals surface area contributed by atoms with Gasteiger partial charge in [-0.05, 0) is 26.7 Å². The lowest BCUT2D eigenvalue weighted by Crippen LogP contribution is -2.18. The molecule has 1 aromatic heterocycles. The molecule has 2 nitrogen and oxygen atoms in total. The zero-order valence-electron chi connectivity index (χ0n) is 10.2. The van der Waals surface area contributed by atoms with Gasteiger partial charge in [-0.2, -0.15) is 13.2 Å². The molecule has 0 saturated heterocycles. The third-order valence-electron chi connectivity index (χ3n) is 2.45. The molecule has 0 aliphatic carbocycles. The SMILES string of the molecule is Cc1nc(C(C)C)c(C(F)(F)F)n1C(C)C. The summed E-state index contributed by atoms with van der Waals surface area (Å²) in [6, 6.07) is -0.239. The number of hydrogen-bond donors (Lipinski definition) is 0. The average molecular weight is 234 g/mol. The van der Waals surface area contributed by atoms with Crippen LogP contribution in [-0.2, 0) is 6.18 Å². The van der Waals surface area contributed by atoms with Crippen molar-refractivity contribution in [3.05, 3.63) is 17.2 Å². The van der Waals surface area contributed by atoms with Crippen molar-refractivity contribution in [3.63, 3.8) is 0 Å². The fourth-order valence-electron chi connectivity index (χ4n) is 1.88. The van der Waals surface area contributed by atoms with Gasteiger partial charge >= 0.3 is 6.18 Å². The molecular weight excluding hydrogens is 217 g/mol. The predicted octanol–water partition coefficient (Wildman–Crippen LogP) is 3.91. The Balaban J connectivity index is 3.50. The Bertz CT molecular complexity index is 375. The van der Waals surface area contributed by atoms with E-state index in [0.29, 0.717) is 5.82 Å². The van der Waals surface area contributed by atoms with Crippen LogP contribution in [0.4, 0.5) is 13.2 Å². The number of halogens is 3. The maximum absolute atomic E-state index is 13.0. The molecule has 1 heterocycles. The van der Waals surface area contributed by atoms with E-state index in [1.54, 1.807) is 34.6 Å². The van der Waals surface area contributed by atoms with Gasteiger partial charge < -0.3 is 4.57 Å². The number of nitrogens with zero attached hydrogens (tertiary/aromatic N) is 2. The van der Waals surface area contributed by atoms with Crippen LogP contribution >= 0.6 is 0 Å². The first kappa shape index (κ1) is 13.1. The molecule has 0 atom stereocenters. The quantitative estimate of drug-likeness (QED) is 0.758. The zero-order chi connectivity index (χ0) is 12.7. The largest absolute Gasteiger partial charge is 0.433 e. The summed E-state index contributed by atoms with van der Waals surface area (Å²) in [4.78, 5) is 4.04. The molecule has 0 fully saturated rings. The summed E-state index contributed by atoms with van der Waals surface area (Å²) >= 11 is 0. The highest BCUT2D eigenvalue weighted by Gasteiger charge is 2.40. The Labute approximate surface area is 93.5 Å². The van der Waals surface area contributed by atoms with Crippen molar-refractivity contribution in [2.75, 3.05) is 0 Å². The van der Waals surface area contributed by atoms with Crippen LogP contribution in [0.15, 0.2) is 0 Å². The van der Waals surface area contributed by atoms with Gasteiger partial charge in [-0.3, -0.25) is 0 Å². The summed E-state index contributed by atoms with van der Waals surface area (Å²) in [5, 5.41) is 0. The summed E-state index contributed by atoms with van der Waals surface area (Å²) in [6.45, 7) is 8.52. The number of alkyl halides is 3. The molecule has 0 aromatic carbocycles. The highest BCUT2D eigenvalue weighted by atomic mass is 19.4. The topological polar surface area (TPSA) is 17.8 Å². The number of rotatable bonds is 2. The molecule has 0 radical (unpaired) electrons.